The quantitative estimate of drug-likeness (QED) is 0.855. The van der Waals surface area contributed by atoms with E-state index >= 15 is 0 Å². The van der Waals surface area contributed by atoms with Crippen molar-refractivity contribution in [3.05, 3.63) is 47.1 Å². The number of likely N-dealkylation sites (tertiary alicyclic amines) is 1. The van der Waals surface area contributed by atoms with Gasteiger partial charge in [-0.05, 0) is 38.0 Å². The summed E-state index contributed by atoms with van der Waals surface area (Å²) in [6, 6.07) is 7.36. The molecule has 0 bridgehead atoms. The Morgan fingerprint density at radius 1 is 1.25 bits per heavy atom. The molecule has 0 spiro atoms. The molecule has 1 fully saturated rings. The maximum atomic E-state index is 12.8. The van der Waals surface area contributed by atoms with E-state index in [2.05, 4.69) is 15.5 Å². The van der Waals surface area contributed by atoms with Crippen LogP contribution in [0.4, 0.5) is 0 Å². The lowest BCUT2D eigenvalue weighted by atomic mass is 9.96. The summed E-state index contributed by atoms with van der Waals surface area (Å²) >= 11 is 0. The van der Waals surface area contributed by atoms with Crippen LogP contribution in [0.3, 0.4) is 0 Å². The van der Waals surface area contributed by atoms with E-state index in [0.29, 0.717) is 30.2 Å². The van der Waals surface area contributed by atoms with Crippen LogP contribution in [0.2, 0.25) is 0 Å². The molecular formula is C21H28N4O3. The molecule has 0 unspecified atom stereocenters. The summed E-state index contributed by atoms with van der Waals surface area (Å²) in [5.41, 5.74) is 0.435. The van der Waals surface area contributed by atoms with Crippen LogP contribution in [0.5, 0.6) is 0 Å². The van der Waals surface area contributed by atoms with Crippen LogP contribution >= 0.6 is 0 Å². The Bertz CT molecular complexity index is 880. The van der Waals surface area contributed by atoms with E-state index in [1.54, 1.807) is 6.07 Å². The van der Waals surface area contributed by atoms with Gasteiger partial charge in [0, 0.05) is 30.5 Å². The Kier molecular flexibility index (Phi) is 5.28. The van der Waals surface area contributed by atoms with Gasteiger partial charge in [-0.25, -0.2) is 0 Å². The lowest BCUT2D eigenvalue weighted by Crippen LogP contribution is -2.42. The van der Waals surface area contributed by atoms with Crippen molar-refractivity contribution >= 4 is 11.8 Å². The number of nitrogens with one attached hydrogen (secondary N) is 1. The normalized spacial score (nSPS) is 15.2. The van der Waals surface area contributed by atoms with Crippen molar-refractivity contribution < 1.29 is 14.1 Å². The van der Waals surface area contributed by atoms with E-state index in [-0.39, 0.29) is 17.2 Å². The predicted octanol–water partition coefficient (Wildman–Crippen LogP) is 3.15. The van der Waals surface area contributed by atoms with Crippen LogP contribution in [0.1, 0.15) is 75.1 Å². The first kappa shape index (κ1) is 20.0. The highest BCUT2D eigenvalue weighted by Crippen LogP contribution is 2.24. The van der Waals surface area contributed by atoms with E-state index in [0.717, 1.165) is 18.5 Å². The van der Waals surface area contributed by atoms with Gasteiger partial charge >= 0.3 is 0 Å². The number of hydrogen-bond donors (Lipinski definition) is 1. The van der Waals surface area contributed by atoms with Gasteiger partial charge in [0.05, 0.1) is 5.54 Å². The maximum Gasteiger partial charge on any atom is 0.252 e. The maximum absolute atomic E-state index is 12.8. The summed E-state index contributed by atoms with van der Waals surface area (Å²) < 4.78 is 5.36. The van der Waals surface area contributed by atoms with Crippen LogP contribution in [0.15, 0.2) is 28.8 Å². The molecule has 2 heterocycles. The molecule has 1 aliphatic rings. The molecule has 1 aromatic carbocycles. The molecular weight excluding hydrogens is 356 g/mol. The highest BCUT2D eigenvalue weighted by atomic mass is 16.5. The van der Waals surface area contributed by atoms with Crippen molar-refractivity contribution in [2.45, 2.75) is 65.0 Å². The van der Waals surface area contributed by atoms with Crippen molar-refractivity contribution in [3.63, 3.8) is 0 Å². The number of aromatic nitrogens is 2. The first-order chi connectivity index (χ1) is 13.1. The fourth-order valence-electron chi connectivity index (χ4n) is 3.10. The third-order valence-corrected chi connectivity index (χ3v) is 4.79. The van der Waals surface area contributed by atoms with Gasteiger partial charge in [0.1, 0.15) is 0 Å². The molecule has 0 saturated carbocycles. The molecule has 7 nitrogen and oxygen atoms in total. The summed E-state index contributed by atoms with van der Waals surface area (Å²) in [6.07, 6.45) is 1.50. The predicted molar refractivity (Wildman–Crippen MR) is 105 cm³/mol. The first-order valence-electron chi connectivity index (χ1n) is 9.60. The SMILES string of the molecule is CC(C)(C)c1nc(C(C)(C)NC(=O)c2cccc(CN3CCCC3=O)c2)no1. The summed E-state index contributed by atoms with van der Waals surface area (Å²) in [5, 5.41) is 7.03. The van der Waals surface area contributed by atoms with Gasteiger partial charge in [0.2, 0.25) is 11.8 Å². The molecule has 28 heavy (non-hydrogen) atoms. The number of benzene rings is 1. The second kappa shape index (κ2) is 7.37. The molecule has 1 saturated heterocycles. The van der Waals surface area contributed by atoms with Crippen LogP contribution in [-0.2, 0) is 22.3 Å². The Morgan fingerprint density at radius 3 is 2.61 bits per heavy atom. The van der Waals surface area contributed by atoms with E-state index in [4.69, 9.17) is 4.52 Å². The molecule has 2 amide bonds. The highest BCUT2D eigenvalue weighted by Gasteiger charge is 2.31. The number of nitrogens with zero attached hydrogens (tertiary/aromatic N) is 3. The van der Waals surface area contributed by atoms with Gasteiger partial charge in [-0.3, -0.25) is 9.59 Å². The number of rotatable bonds is 5. The van der Waals surface area contributed by atoms with Gasteiger partial charge < -0.3 is 14.7 Å². The molecule has 3 rings (SSSR count). The van der Waals surface area contributed by atoms with Gasteiger partial charge in [-0.1, -0.05) is 38.1 Å². The molecule has 0 atom stereocenters. The third-order valence-electron chi connectivity index (χ3n) is 4.79. The molecule has 2 aromatic rings. The monoisotopic (exact) mass is 384 g/mol. The third kappa shape index (κ3) is 4.40. The molecule has 150 valence electrons. The lowest BCUT2D eigenvalue weighted by molar-refractivity contribution is -0.128. The van der Waals surface area contributed by atoms with Crippen molar-refractivity contribution in [1.82, 2.24) is 20.4 Å². The fourth-order valence-corrected chi connectivity index (χ4v) is 3.10. The second-order valence-electron chi connectivity index (χ2n) is 8.87. The minimum Gasteiger partial charge on any atom is -0.340 e. The van der Waals surface area contributed by atoms with Crippen LogP contribution in [-0.4, -0.2) is 33.4 Å². The fraction of sp³-hybridized carbons (Fsp3) is 0.524. The van der Waals surface area contributed by atoms with E-state index < -0.39 is 5.54 Å². The molecule has 0 radical (unpaired) electrons. The summed E-state index contributed by atoms with van der Waals surface area (Å²) in [7, 11) is 0. The zero-order chi connectivity index (χ0) is 20.5. The zero-order valence-electron chi connectivity index (χ0n) is 17.2. The molecule has 7 heteroatoms. The van der Waals surface area contributed by atoms with E-state index in [9.17, 15) is 9.59 Å². The minimum absolute atomic E-state index is 0.169. The Morgan fingerprint density at radius 2 is 2.00 bits per heavy atom. The molecule has 1 N–H and O–H groups in total. The van der Waals surface area contributed by atoms with Gasteiger partial charge in [-0.15, -0.1) is 0 Å². The largest absolute Gasteiger partial charge is 0.340 e. The standard InChI is InChI=1S/C21H28N4O3/c1-20(2,3)19-22-18(24-28-19)21(4,5)23-17(27)15-9-6-8-14(12-15)13-25-11-7-10-16(25)26/h6,8-9,12H,7,10-11,13H2,1-5H3,(H,23,27). The van der Waals surface area contributed by atoms with E-state index in [1.807, 2.05) is 57.7 Å². The topological polar surface area (TPSA) is 88.3 Å². The highest BCUT2D eigenvalue weighted by molar-refractivity contribution is 5.94. The average Bonchev–Trinajstić information content (AvgIpc) is 3.25. The summed E-state index contributed by atoms with van der Waals surface area (Å²) in [5.74, 6) is 0.913. The van der Waals surface area contributed by atoms with Gasteiger partial charge in [-0.2, -0.15) is 4.98 Å². The second-order valence-corrected chi connectivity index (χ2v) is 8.87. The zero-order valence-corrected chi connectivity index (χ0v) is 17.2. The number of hydrogen-bond acceptors (Lipinski definition) is 5. The average molecular weight is 384 g/mol. The Hall–Kier alpha value is -2.70. The number of amides is 2. The smallest absolute Gasteiger partial charge is 0.252 e. The molecule has 1 aromatic heterocycles. The number of carbonyl (C=O) groups excluding carboxylic acids is 2. The van der Waals surface area contributed by atoms with Crippen LogP contribution < -0.4 is 5.32 Å². The van der Waals surface area contributed by atoms with Crippen molar-refractivity contribution in [2.75, 3.05) is 6.54 Å². The van der Waals surface area contributed by atoms with Gasteiger partial charge in [0.25, 0.3) is 5.91 Å². The van der Waals surface area contributed by atoms with Crippen LogP contribution in [0, 0.1) is 0 Å². The van der Waals surface area contributed by atoms with Crippen molar-refractivity contribution in [3.8, 4) is 0 Å². The van der Waals surface area contributed by atoms with Crippen LogP contribution in [0.25, 0.3) is 0 Å². The van der Waals surface area contributed by atoms with Gasteiger partial charge in [0.15, 0.2) is 5.82 Å². The minimum atomic E-state index is -0.787. The molecule has 0 aliphatic carbocycles. The number of carbonyl (C=O) groups is 2. The lowest BCUT2D eigenvalue weighted by Gasteiger charge is -2.23. The van der Waals surface area contributed by atoms with Crippen molar-refractivity contribution in [2.24, 2.45) is 0 Å². The summed E-state index contributed by atoms with van der Waals surface area (Å²) in [4.78, 5) is 30.9. The van der Waals surface area contributed by atoms with E-state index in [1.165, 1.54) is 0 Å². The Labute approximate surface area is 165 Å². The Balaban J connectivity index is 1.72. The van der Waals surface area contributed by atoms with Crippen molar-refractivity contribution in [1.29, 1.82) is 0 Å². The summed E-state index contributed by atoms with van der Waals surface area (Å²) in [6.45, 7) is 11.0. The first-order valence-corrected chi connectivity index (χ1v) is 9.60. The molecule has 1 aliphatic heterocycles.